The summed E-state index contributed by atoms with van der Waals surface area (Å²) >= 11 is 0. The minimum Gasteiger partial charge on any atom is -0.493 e. The number of methoxy groups -OCH3 is 1. The summed E-state index contributed by atoms with van der Waals surface area (Å²) in [7, 11) is 1.43. The highest BCUT2D eigenvalue weighted by atomic mass is 16.5. The van der Waals surface area contributed by atoms with Gasteiger partial charge in [0.15, 0.2) is 18.1 Å². The Labute approximate surface area is 166 Å². The highest BCUT2D eigenvalue weighted by Crippen LogP contribution is 2.30. The molecule has 0 saturated carbocycles. The second kappa shape index (κ2) is 8.27. The molecular weight excluding hydrogens is 374 g/mol. The van der Waals surface area contributed by atoms with Crippen LogP contribution in [0.1, 0.15) is 11.1 Å². The predicted octanol–water partition coefficient (Wildman–Crippen LogP) is 2.57. The lowest BCUT2D eigenvalue weighted by Crippen LogP contribution is -2.54. The van der Waals surface area contributed by atoms with Crippen LogP contribution in [-0.4, -0.2) is 31.6 Å². The Morgan fingerprint density at radius 3 is 2.62 bits per heavy atom. The smallest absolute Gasteiger partial charge is 0.335 e. The van der Waals surface area contributed by atoms with Gasteiger partial charge in [0.05, 0.1) is 12.8 Å². The van der Waals surface area contributed by atoms with Crippen molar-refractivity contribution in [3.63, 3.8) is 0 Å². The summed E-state index contributed by atoms with van der Waals surface area (Å²) in [4.78, 5) is 38.4. The fraction of sp³-hybridized carbons (Fsp3) is 0.143. The number of aryl methyl sites for hydroxylation is 1. The third-order valence-corrected chi connectivity index (χ3v) is 4.15. The van der Waals surface area contributed by atoms with E-state index >= 15 is 0 Å². The van der Waals surface area contributed by atoms with Gasteiger partial charge in [-0.2, -0.15) is 5.26 Å². The zero-order valence-corrected chi connectivity index (χ0v) is 15.8. The van der Waals surface area contributed by atoms with Crippen LogP contribution in [0.15, 0.2) is 48.0 Å². The maximum atomic E-state index is 12.9. The van der Waals surface area contributed by atoms with Gasteiger partial charge < -0.3 is 9.47 Å². The first kappa shape index (κ1) is 19.6. The number of hydrogen-bond acceptors (Lipinski definition) is 6. The van der Waals surface area contributed by atoms with Crippen LogP contribution in [0, 0.1) is 18.3 Å². The van der Waals surface area contributed by atoms with Crippen LogP contribution in [0.2, 0.25) is 0 Å². The van der Waals surface area contributed by atoms with Crippen molar-refractivity contribution in [1.82, 2.24) is 5.32 Å². The van der Waals surface area contributed by atoms with E-state index < -0.39 is 17.8 Å². The van der Waals surface area contributed by atoms with E-state index in [2.05, 4.69) is 5.32 Å². The number of carbonyl (C=O) groups excluding carboxylic acids is 3. The number of nitrogens with one attached hydrogen (secondary N) is 1. The van der Waals surface area contributed by atoms with Crippen molar-refractivity contribution >= 4 is 29.6 Å². The largest absolute Gasteiger partial charge is 0.493 e. The number of carbonyl (C=O) groups is 3. The van der Waals surface area contributed by atoms with Gasteiger partial charge >= 0.3 is 6.03 Å². The van der Waals surface area contributed by atoms with Gasteiger partial charge in [0.25, 0.3) is 11.8 Å². The van der Waals surface area contributed by atoms with Crippen LogP contribution in [0.3, 0.4) is 0 Å². The molecule has 1 N–H and O–H groups in total. The molecule has 1 heterocycles. The Bertz CT molecular complexity index is 1070. The average Bonchev–Trinajstić information content (AvgIpc) is 2.69. The summed E-state index contributed by atoms with van der Waals surface area (Å²) in [5, 5.41) is 10.8. The zero-order valence-electron chi connectivity index (χ0n) is 15.8. The quantitative estimate of drug-likeness (QED) is 0.620. The van der Waals surface area contributed by atoms with Gasteiger partial charge in [-0.25, -0.2) is 9.69 Å². The maximum Gasteiger partial charge on any atom is 0.335 e. The van der Waals surface area contributed by atoms with Gasteiger partial charge in [-0.3, -0.25) is 14.9 Å². The molecule has 0 radical (unpaired) electrons. The molecule has 0 bridgehead atoms. The normalized spacial score (nSPS) is 15.1. The minimum atomic E-state index is -0.805. The van der Waals surface area contributed by atoms with E-state index in [0.29, 0.717) is 22.7 Å². The molecule has 4 amide bonds. The molecular formula is C21H17N3O5. The van der Waals surface area contributed by atoms with Gasteiger partial charge in [-0.05, 0) is 48.4 Å². The molecule has 8 heteroatoms. The number of urea groups is 1. The lowest BCUT2D eigenvalue weighted by atomic mass is 10.1. The van der Waals surface area contributed by atoms with E-state index in [-0.39, 0.29) is 12.2 Å². The number of nitriles is 1. The number of anilines is 1. The summed E-state index contributed by atoms with van der Waals surface area (Å²) in [5.74, 6) is -0.821. The molecule has 0 atom stereocenters. The zero-order chi connectivity index (χ0) is 21.0. The van der Waals surface area contributed by atoms with Gasteiger partial charge in [-0.15, -0.1) is 0 Å². The third kappa shape index (κ3) is 4.09. The molecule has 0 spiro atoms. The number of amides is 4. The van der Waals surface area contributed by atoms with E-state index in [1.165, 1.54) is 13.2 Å². The van der Waals surface area contributed by atoms with Crippen molar-refractivity contribution < 1.29 is 23.9 Å². The fourth-order valence-corrected chi connectivity index (χ4v) is 2.83. The summed E-state index contributed by atoms with van der Waals surface area (Å²) in [6, 6.07) is 12.6. The van der Waals surface area contributed by atoms with Crippen molar-refractivity contribution in [2.45, 2.75) is 6.92 Å². The fourth-order valence-electron chi connectivity index (χ4n) is 2.83. The summed E-state index contributed by atoms with van der Waals surface area (Å²) in [6.45, 7) is 1.69. The van der Waals surface area contributed by atoms with Crippen molar-refractivity contribution in [3.05, 3.63) is 59.2 Å². The first-order valence-electron chi connectivity index (χ1n) is 8.60. The van der Waals surface area contributed by atoms with Crippen LogP contribution in [0.25, 0.3) is 6.08 Å². The first-order chi connectivity index (χ1) is 13.9. The Balaban J connectivity index is 1.97. The number of ether oxygens (including phenoxy) is 2. The highest BCUT2D eigenvalue weighted by molar-refractivity contribution is 6.39. The van der Waals surface area contributed by atoms with Crippen LogP contribution < -0.4 is 19.7 Å². The van der Waals surface area contributed by atoms with Crippen molar-refractivity contribution in [2.75, 3.05) is 18.6 Å². The Morgan fingerprint density at radius 1 is 1.14 bits per heavy atom. The van der Waals surface area contributed by atoms with Crippen molar-refractivity contribution in [2.24, 2.45) is 0 Å². The van der Waals surface area contributed by atoms with E-state index in [0.717, 1.165) is 10.5 Å². The highest BCUT2D eigenvalue weighted by Gasteiger charge is 2.36. The Morgan fingerprint density at radius 2 is 1.93 bits per heavy atom. The second-order valence-corrected chi connectivity index (χ2v) is 6.15. The topological polar surface area (TPSA) is 109 Å². The average molecular weight is 391 g/mol. The van der Waals surface area contributed by atoms with Crippen LogP contribution in [0.4, 0.5) is 10.5 Å². The van der Waals surface area contributed by atoms with Gasteiger partial charge in [-0.1, -0.05) is 18.2 Å². The van der Waals surface area contributed by atoms with Crippen LogP contribution in [0.5, 0.6) is 11.5 Å². The van der Waals surface area contributed by atoms with Crippen LogP contribution in [-0.2, 0) is 9.59 Å². The molecule has 0 aromatic heterocycles. The van der Waals surface area contributed by atoms with E-state index in [4.69, 9.17) is 14.7 Å². The lowest BCUT2D eigenvalue weighted by Gasteiger charge is -2.26. The number of rotatable bonds is 5. The molecule has 1 aliphatic heterocycles. The molecule has 3 rings (SSSR count). The molecule has 1 saturated heterocycles. The minimum absolute atomic E-state index is 0.148. The molecule has 0 aliphatic carbocycles. The maximum absolute atomic E-state index is 12.9. The second-order valence-electron chi connectivity index (χ2n) is 6.15. The van der Waals surface area contributed by atoms with Gasteiger partial charge in [0.2, 0.25) is 0 Å². The van der Waals surface area contributed by atoms with E-state index in [9.17, 15) is 14.4 Å². The standard InChI is InChI=1S/C21H17N3O5/c1-13-4-3-5-15(10-13)24-20(26)16(19(25)23-21(24)27)11-14-6-7-17(29-9-8-22)18(12-14)28-2/h3-7,10-12H,9H2,1-2H3,(H,23,25,27)/b16-11+. The molecule has 1 aliphatic rings. The summed E-state index contributed by atoms with van der Waals surface area (Å²) in [6.07, 6.45) is 1.36. The molecule has 0 unspecified atom stereocenters. The summed E-state index contributed by atoms with van der Waals surface area (Å²) < 4.78 is 10.5. The van der Waals surface area contributed by atoms with Gasteiger partial charge in [0.1, 0.15) is 11.6 Å². The van der Waals surface area contributed by atoms with E-state index in [1.54, 1.807) is 36.4 Å². The Kier molecular flexibility index (Phi) is 5.60. The summed E-state index contributed by atoms with van der Waals surface area (Å²) in [5.41, 5.74) is 1.52. The first-order valence-corrected chi connectivity index (χ1v) is 8.60. The van der Waals surface area contributed by atoms with Gasteiger partial charge in [0, 0.05) is 0 Å². The SMILES string of the molecule is COc1cc(/C=C2\C(=O)NC(=O)N(c3cccc(C)c3)C2=O)ccc1OCC#N. The third-order valence-electron chi connectivity index (χ3n) is 4.15. The Hall–Kier alpha value is -4.12. The molecule has 2 aromatic carbocycles. The predicted molar refractivity (Wildman–Crippen MR) is 104 cm³/mol. The molecule has 146 valence electrons. The molecule has 29 heavy (non-hydrogen) atoms. The van der Waals surface area contributed by atoms with E-state index in [1.807, 2.05) is 19.1 Å². The monoisotopic (exact) mass is 391 g/mol. The number of nitrogens with zero attached hydrogens (tertiary/aromatic N) is 2. The molecule has 2 aromatic rings. The number of hydrogen-bond donors (Lipinski definition) is 1. The molecule has 8 nitrogen and oxygen atoms in total. The lowest BCUT2D eigenvalue weighted by molar-refractivity contribution is -0.122. The van der Waals surface area contributed by atoms with Crippen molar-refractivity contribution in [1.29, 1.82) is 5.26 Å². The number of imide groups is 2. The number of benzene rings is 2. The number of barbiturate groups is 1. The molecule has 1 fully saturated rings. The van der Waals surface area contributed by atoms with Crippen LogP contribution >= 0.6 is 0 Å². The van der Waals surface area contributed by atoms with Crippen molar-refractivity contribution in [3.8, 4) is 17.6 Å².